The first-order valence-corrected chi connectivity index (χ1v) is 7.40. The highest BCUT2D eigenvalue weighted by atomic mass is 19.4. The molecule has 1 aromatic rings. The quantitative estimate of drug-likeness (QED) is 0.928. The molecule has 22 heavy (non-hydrogen) atoms. The summed E-state index contributed by atoms with van der Waals surface area (Å²) < 4.78 is 37.6. The van der Waals surface area contributed by atoms with Gasteiger partial charge >= 0.3 is 6.18 Å². The van der Waals surface area contributed by atoms with Crippen molar-refractivity contribution in [2.75, 3.05) is 18.4 Å². The van der Waals surface area contributed by atoms with Gasteiger partial charge in [0.05, 0.1) is 0 Å². The van der Waals surface area contributed by atoms with Crippen molar-refractivity contribution >= 4 is 11.7 Å². The number of anilines is 1. The van der Waals surface area contributed by atoms with Gasteiger partial charge < -0.3 is 10.2 Å². The molecule has 1 aliphatic rings. The molecule has 0 unspecified atom stereocenters. The van der Waals surface area contributed by atoms with Gasteiger partial charge in [0.15, 0.2) is 0 Å². The van der Waals surface area contributed by atoms with E-state index >= 15 is 0 Å². The first-order valence-electron chi connectivity index (χ1n) is 7.40. The highest BCUT2D eigenvalue weighted by Gasteiger charge is 2.29. The molecule has 1 amide bonds. The number of aromatic nitrogens is 2. The van der Waals surface area contributed by atoms with Gasteiger partial charge in [0, 0.05) is 25.4 Å². The minimum atomic E-state index is -4.31. The fraction of sp³-hybridized carbons (Fsp3) is 0.714. The summed E-state index contributed by atoms with van der Waals surface area (Å²) in [5.74, 6) is 0.859. The maximum Gasteiger partial charge on any atom is 0.408 e. The number of carbonyl (C=O) groups excluding carboxylic acids is 1. The fourth-order valence-corrected chi connectivity index (χ4v) is 2.50. The monoisotopic (exact) mass is 318 g/mol. The minimum absolute atomic E-state index is 0.0442. The van der Waals surface area contributed by atoms with Crippen LogP contribution in [0, 0.1) is 5.92 Å². The third-order valence-electron chi connectivity index (χ3n) is 3.81. The van der Waals surface area contributed by atoms with Crippen LogP contribution < -0.4 is 5.32 Å². The fourth-order valence-electron chi connectivity index (χ4n) is 2.50. The lowest BCUT2D eigenvalue weighted by molar-refractivity contribution is -0.142. The molecule has 1 aliphatic heterocycles. The van der Waals surface area contributed by atoms with Crippen molar-refractivity contribution in [1.29, 1.82) is 0 Å². The van der Waals surface area contributed by atoms with Crippen molar-refractivity contribution in [3.8, 4) is 0 Å². The number of alkyl halides is 3. The number of amides is 1. The van der Waals surface area contributed by atoms with E-state index in [1.54, 1.807) is 11.8 Å². The molecule has 1 N–H and O–H groups in total. The van der Waals surface area contributed by atoms with Crippen LogP contribution in [0.15, 0.2) is 12.3 Å². The number of halogens is 3. The molecule has 0 saturated carbocycles. The van der Waals surface area contributed by atoms with E-state index in [4.69, 9.17) is 0 Å². The van der Waals surface area contributed by atoms with Gasteiger partial charge in [-0.25, -0.2) is 0 Å². The lowest BCUT2D eigenvalue weighted by Gasteiger charge is -2.32. The van der Waals surface area contributed by atoms with E-state index in [2.05, 4.69) is 17.3 Å². The Labute approximate surface area is 127 Å². The number of hydrogen-bond acceptors (Lipinski definition) is 3. The summed E-state index contributed by atoms with van der Waals surface area (Å²) in [5, 5.41) is 6.66. The summed E-state index contributed by atoms with van der Waals surface area (Å²) in [5.41, 5.74) is 0. The van der Waals surface area contributed by atoms with Crippen LogP contribution >= 0.6 is 0 Å². The Morgan fingerprint density at radius 3 is 2.68 bits per heavy atom. The van der Waals surface area contributed by atoms with Crippen molar-refractivity contribution in [3.05, 3.63) is 12.3 Å². The van der Waals surface area contributed by atoms with Gasteiger partial charge in [0.1, 0.15) is 18.4 Å². The first-order chi connectivity index (χ1) is 10.2. The van der Waals surface area contributed by atoms with Gasteiger partial charge in [0.25, 0.3) is 0 Å². The normalized spacial score (nSPS) is 18.3. The van der Waals surface area contributed by atoms with Gasteiger partial charge in [-0.05, 0) is 25.7 Å². The first kappa shape index (κ1) is 16.6. The summed E-state index contributed by atoms with van der Waals surface area (Å²) in [7, 11) is 0. The van der Waals surface area contributed by atoms with Crippen LogP contribution in [0.25, 0.3) is 0 Å². The van der Waals surface area contributed by atoms with Crippen LogP contribution in [-0.4, -0.2) is 45.9 Å². The highest BCUT2D eigenvalue weighted by molar-refractivity contribution is 5.84. The predicted molar refractivity (Wildman–Crippen MR) is 76.3 cm³/mol. The maximum absolute atomic E-state index is 12.3. The van der Waals surface area contributed by atoms with Gasteiger partial charge in [-0.1, -0.05) is 6.92 Å². The van der Waals surface area contributed by atoms with E-state index in [0.717, 1.165) is 30.6 Å². The van der Waals surface area contributed by atoms with Gasteiger partial charge in [-0.15, -0.1) is 0 Å². The summed E-state index contributed by atoms with van der Waals surface area (Å²) >= 11 is 0. The SMILES string of the molecule is CC1CCN(C(=O)[C@@H](C)Nc2ccn(CC(F)(F)F)n2)CC1. The number of nitrogens with one attached hydrogen (secondary N) is 1. The highest BCUT2D eigenvalue weighted by Crippen LogP contribution is 2.19. The van der Waals surface area contributed by atoms with Crippen LogP contribution in [0.1, 0.15) is 26.7 Å². The van der Waals surface area contributed by atoms with Crippen LogP contribution in [0.3, 0.4) is 0 Å². The average Bonchev–Trinajstić information content (AvgIpc) is 2.83. The number of hydrogen-bond donors (Lipinski definition) is 1. The molecule has 124 valence electrons. The molecule has 0 aromatic carbocycles. The van der Waals surface area contributed by atoms with Crippen molar-refractivity contribution in [2.45, 2.75) is 45.5 Å². The van der Waals surface area contributed by atoms with Crippen molar-refractivity contribution in [2.24, 2.45) is 5.92 Å². The standard InChI is InChI=1S/C14H21F3N4O/c1-10-3-6-20(7-4-10)13(22)11(2)18-12-5-8-21(19-12)9-14(15,16)17/h5,8,10-11H,3-4,6-7,9H2,1-2H3,(H,18,19)/t11-/m1/s1. The summed E-state index contributed by atoms with van der Waals surface area (Å²) in [6, 6.07) is 0.927. The summed E-state index contributed by atoms with van der Waals surface area (Å²) in [6.07, 6.45) is -1.10. The molecule has 2 heterocycles. The molecule has 0 bridgehead atoms. The molecule has 2 rings (SSSR count). The average molecular weight is 318 g/mol. The molecular formula is C14H21F3N4O. The van der Waals surface area contributed by atoms with E-state index in [0.29, 0.717) is 5.92 Å². The van der Waals surface area contributed by atoms with Crippen LogP contribution in [0.4, 0.5) is 19.0 Å². The second kappa shape index (κ2) is 6.58. The number of likely N-dealkylation sites (tertiary alicyclic amines) is 1. The van der Waals surface area contributed by atoms with Gasteiger partial charge in [0.2, 0.25) is 5.91 Å². The van der Waals surface area contributed by atoms with Gasteiger partial charge in [-0.2, -0.15) is 18.3 Å². The van der Waals surface area contributed by atoms with E-state index in [1.165, 1.54) is 12.3 Å². The van der Waals surface area contributed by atoms with Crippen molar-refractivity contribution in [3.63, 3.8) is 0 Å². The van der Waals surface area contributed by atoms with Crippen molar-refractivity contribution < 1.29 is 18.0 Å². The van der Waals surface area contributed by atoms with E-state index in [9.17, 15) is 18.0 Å². The molecule has 1 saturated heterocycles. The zero-order valence-corrected chi connectivity index (χ0v) is 12.7. The summed E-state index contributed by atoms with van der Waals surface area (Å²) in [6.45, 7) is 4.18. The van der Waals surface area contributed by atoms with Crippen LogP contribution in [0.5, 0.6) is 0 Å². The molecule has 1 atom stereocenters. The molecule has 1 fully saturated rings. The van der Waals surface area contributed by atoms with E-state index < -0.39 is 18.8 Å². The molecule has 1 aromatic heterocycles. The Hall–Kier alpha value is -1.73. The molecule has 0 radical (unpaired) electrons. The minimum Gasteiger partial charge on any atom is -0.357 e. The zero-order valence-electron chi connectivity index (χ0n) is 12.7. The Balaban J connectivity index is 1.88. The largest absolute Gasteiger partial charge is 0.408 e. The smallest absolute Gasteiger partial charge is 0.357 e. The van der Waals surface area contributed by atoms with Crippen LogP contribution in [0.2, 0.25) is 0 Å². The number of carbonyl (C=O) groups is 1. The lowest BCUT2D eigenvalue weighted by Crippen LogP contribution is -2.45. The third-order valence-corrected chi connectivity index (χ3v) is 3.81. The molecule has 8 heteroatoms. The Morgan fingerprint density at radius 2 is 2.09 bits per heavy atom. The second-order valence-electron chi connectivity index (χ2n) is 5.89. The Kier molecular flexibility index (Phi) is 4.97. The van der Waals surface area contributed by atoms with Crippen molar-refractivity contribution in [1.82, 2.24) is 14.7 Å². The topological polar surface area (TPSA) is 50.2 Å². The second-order valence-corrected chi connectivity index (χ2v) is 5.89. The Morgan fingerprint density at radius 1 is 1.45 bits per heavy atom. The zero-order chi connectivity index (χ0) is 16.3. The molecular weight excluding hydrogens is 297 g/mol. The summed E-state index contributed by atoms with van der Waals surface area (Å²) in [4.78, 5) is 14.1. The molecule has 5 nitrogen and oxygen atoms in total. The lowest BCUT2D eigenvalue weighted by atomic mass is 9.99. The Bertz CT molecular complexity index is 506. The molecule has 0 spiro atoms. The van der Waals surface area contributed by atoms with Crippen LogP contribution in [-0.2, 0) is 11.3 Å². The van der Waals surface area contributed by atoms with Gasteiger partial charge in [-0.3, -0.25) is 9.48 Å². The number of piperidine rings is 1. The van der Waals surface area contributed by atoms with E-state index in [-0.39, 0.29) is 11.7 Å². The number of nitrogens with zero attached hydrogens (tertiary/aromatic N) is 3. The number of rotatable bonds is 4. The van der Waals surface area contributed by atoms with E-state index in [1.807, 2.05) is 0 Å². The molecule has 0 aliphatic carbocycles. The third kappa shape index (κ3) is 4.64. The predicted octanol–water partition coefficient (Wildman–Crippen LogP) is 2.50. The maximum atomic E-state index is 12.3.